The van der Waals surface area contributed by atoms with E-state index in [1.165, 1.54) is 23.1 Å². The number of nitrogens with zero attached hydrogens (tertiary/aromatic N) is 2. The molecule has 4 aromatic rings. The monoisotopic (exact) mass is 439 g/mol. The topological polar surface area (TPSA) is 84.9 Å². The fourth-order valence-corrected chi connectivity index (χ4v) is 5.42. The molecule has 1 N–H and O–H groups in total. The Bertz CT molecular complexity index is 1330. The van der Waals surface area contributed by atoms with Crippen LogP contribution in [0.5, 0.6) is 0 Å². The fourth-order valence-electron chi connectivity index (χ4n) is 3.36. The first kappa shape index (κ1) is 20.6. The lowest BCUT2D eigenvalue weighted by molar-refractivity contribution is 0.0531. The maximum atomic E-state index is 12.7. The number of nitrogens with one attached hydrogen (secondary N) is 1. The van der Waals surface area contributed by atoms with Crippen molar-refractivity contribution in [1.82, 2.24) is 15.0 Å². The van der Waals surface area contributed by atoms with Crippen molar-refractivity contribution in [1.29, 1.82) is 0 Å². The molecule has 0 aliphatic heterocycles. The summed E-state index contributed by atoms with van der Waals surface area (Å²) < 4.78 is 5.10. The summed E-state index contributed by atoms with van der Waals surface area (Å²) in [6, 6.07) is 10.1. The number of ether oxygens (including phenoxy) is 1. The highest BCUT2D eigenvalue weighted by atomic mass is 32.2. The van der Waals surface area contributed by atoms with Gasteiger partial charge in [-0.3, -0.25) is 4.79 Å². The number of para-hydroxylation sites is 1. The highest BCUT2D eigenvalue weighted by molar-refractivity contribution is 7.99. The quantitative estimate of drug-likeness (QED) is 0.341. The summed E-state index contributed by atoms with van der Waals surface area (Å²) in [6.07, 6.45) is 0. The molecule has 0 saturated carbocycles. The van der Waals surface area contributed by atoms with Crippen molar-refractivity contribution in [2.45, 2.75) is 38.0 Å². The molecule has 0 aliphatic carbocycles. The van der Waals surface area contributed by atoms with Gasteiger partial charge in [-0.2, -0.15) is 0 Å². The van der Waals surface area contributed by atoms with E-state index in [0.29, 0.717) is 26.5 Å². The van der Waals surface area contributed by atoms with Gasteiger partial charge in [0.1, 0.15) is 15.5 Å². The Balaban J connectivity index is 1.69. The molecule has 1 aromatic carbocycles. The van der Waals surface area contributed by atoms with Crippen LogP contribution in [-0.4, -0.2) is 27.5 Å². The van der Waals surface area contributed by atoms with Gasteiger partial charge in [0.15, 0.2) is 0 Å². The fraction of sp³-hybridized carbons (Fsp3) is 0.273. The van der Waals surface area contributed by atoms with Crippen molar-refractivity contribution in [2.24, 2.45) is 0 Å². The molecule has 3 aromatic heterocycles. The van der Waals surface area contributed by atoms with Crippen LogP contribution in [0.1, 0.15) is 45.7 Å². The number of benzene rings is 1. The second kappa shape index (κ2) is 8.20. The largest absolute Gasteiger partial charge is 0.462 e. The first-order chi connectivity index (χ1) is 14.4. The van der Waals surface area contributed by atoms with Crippen LogP contribution in [0.4, 0.5) is 0 Å². The minimum absolute atomic E-state index is 0.122. The van der Waals surface area contributed by atoms with Crippen LogP contribution < -0.4 is 5.56 Å². The molecule has 0 spiro atoms. The molecule has 0 bridgehead atoms. The van der Waals surface area contributed by atoms with Crippen LogP contribution in [0.3, 0.4) is 0 Å². The maximum Gasteiger partial charge on any atom is 0.348 e. The molecule has 8 heteroatoms. The third-order valence-corrected chi connectivity index (χ3v) is 7.05. The van der Waals surface area contributed by atoms with E-state index in [1.807, 2.05) is 31.2 Å². The molecule has 6 nitrogen and oxygen atoms in total. The molecule has 4 rings (SSSR count). The summed E-state index contributed by atoms with van der Waals surface area (Å²) in [5.41, 5.74) is 2.47. The van der Waals surface area contributed by atoms with E-state index in [-0.39, 0.29) is 17.4 Å². The lowest BCUT2D eigenvalue weighted by Gasteiger charge is -2.11. The molecule has 1 atom stereocenters. The van der Waals surface area contributed by atoms with Gasteiger partial charge in [0.2, 0.25) is 0 Å². The van der Waals surface area contributed by atoms with Crippen LogP contribution in [0, 0.1) is 13.8 Å². The van der Waals surface area contributed by atoms with Crippen molar-refractivity contribution in [2.75, 3.05) is 6.61 Å². The Hall–Kier alpha value is -2.71. The molecule has 0 radical (unpaired) electrons. The molecule has 0 aliphatic rings. The number of rotatable bonds is 5. The average molecular weight is 440 g/mol. The van der Waals surface area contributed by atoms with Gasteiger partial charge in [-0.05, 0) is 51.0 Å². The Morgan fingerprint density at radius 2 is 2.03 bits per heavy atom. The molecule has 0 fully saturated rings. The second-order valence-electron chi connectivity index (χ2n) is 6.96. The van der Waals surface area contributed by atoms with Crippen LogP contribution in [0.2, 0.25) is 0 Å². The van der Waals surface area contributed by atoms with E-state index in [0.717, 1.165) is 21.5 Å². The first-order valence-corrected chi connectivity index (χ1v) is 11.3. The Morgan fingerprint density at radius 3 is 2.80 bits per heavy atom. The summed E-state index contributed by atoms with van der Waals surface area (Å²) in [6.45, 7) is 7.84. The van der Waals surface area contributed by atoms with Gasteiger partial charge in [0.05, 0.1) is 27.8 Å². The first-order valence-electron chi connectivity index (χ1n) is 9.62. The summed E-state index contributed by atoms with van der Waals surface area (Å²) in [5, 5.41) is 2.33. The van der Waals surface area contributed by atoms with E-state index >= 15 is 0 Å². The van der Waals surface area contributed by atoms with E-state index in [9.17, 15) is 9.59 Å². The highest BCUT2D eigenvalue weighted by Crippen LogP contribution is 2.35. The number of aromatic amines is 1. The summed E-state index contributed by atoms with van der Waals surface area (Å²) >= 11 is 2.74. The van der Waals surface area contributed by atoms with Crippen LogP contribution >= 0.6 is 23.1 Å². The lowest BCUT2D eigenvalue weighted by atomic mass is 10.1. The number of carbonyl (C=O) groups is 1. The standard InChI is InChI=1S/C22H21N3O3S2/c1-5-28-22(27)18-12(3)17-20(26)24-19(25-21(17)30-18)13(4)29-16-10-11(2)14-8-6-7-9-15(14)23-16/h6-10,13H,5H2,1-4H3,(H,24,25,26)/t13-/m1/s1. The van der Waals surface area contributed by atoms with Crippen molar-refractivity contribution in [3.8, 4) is 0 Å². The smallest absolute Gasteiger partial charge is 0.348 e. The number of H-pyrrole nitrogens is 1. The number of thioether (sulfide) groups is 1. The van der Waals surface area contributed by atoms with Crippen LogP contribution in [0.15, 0.2) is 40.2 Å². The van der Waals surface area contributed by atoms with Crippen LogP contribution in [0.25, 0.3) is 21.1 Å². The molecule has 0 unspecified atom stereocenters. The SMILES string of the molecule is CCOC(=O)c1sc2nc([C@@H](C)Sc3cc(C)c4ccccc4n3)[nH]c(=O)c2c1C. The number of fused-ring (bicyclic) bond motifs is 2. The van der Waals surface area contributed by atoms with Gasteiger partial charge in [-0.1, -0.05) is 30.0 Å². The molecular weight excluding hydrogens is 418 g/mol. The van der Waals surface area contributed by atoms with Crippen molar-refractivity contribution >= 4 is 50.2 Å². The van der Waals surface area contributed by atoms with Gasteiger partial charge in [0, 0.05) is 5.39 Å². The van der Waals surface area contributed by atoms with E-state index in [4.69, 9.17) is 9.72 Å². The number of hydrogen-bond donors (Lipinski definition) is 1. The van der Waals surface area contributed by atoms with Gasteiger partial charge >= 0.3 is 5.97 Å². The number of esters is 1. The second-order valence-corrected chi connectivity index (χ2v) is 9.32. The molecule has 0 amide bonds. The normalized spacial score (nSPS) is 12.4. The molecule has 30 heavy (non-hydrogen) atoms. The van der Waals surface area contributed by atoms with Gasteiger partial charge < -0.3 is 9.72 Å². The Morgan fingerprint density at radius 1 is 1.27 bits per heavy atom. The van der Waals surface area contributed by atoms with Crippen molar-refractivity contribution in [3.05, 3.63) is 62.5 Å². The number of carbonyl (C=O) groups excluding carboxylic acids is 1. The summed E-state index contributed by atoms with van der Waals surface area (Å²) in [7, 11) is 0. The summed E-state index contributed by atoms with van der Waals surface area (Å²) in [5.74, 6) is 0.138. The number of thiophene rings is 1. The van der Waals surface area contributed by atoms with E-state index < -0.39 is 5.97 Å². The minimum atomic E-state index is -0.419. The Labute approximate surface area is 181 Å². The molecule has 0 saturated heterocycles. The zero-order valence-corrected chi connectivity index (χ0v) is 18.7. The third-order valence-electron chi connectivity index (χ3n) is 4.86. The number of pyridine rings is 1. The van der Waals surface area contributed by atoms with Crippen LogP contribution in [-0.2, 0) is 4.74 Å². The number of aryl methyl sites for hydroxylation is 2. The summed E-state index contributed by atoms with van der Waals surface area (Å²) in [4.78, 5) is 38.2. The molecule has 3 heterocycles. The van der Waals surface area contributed by atoms with E-state index in [2.05, 4.69) is 23.0 Å². The zero-order chi connectivity index (χ0) is 21.4. The lowest BCUT2D eigenvalue weighted by Crippen LogP contribution is -2.13. The number of aromatic nitrogens is 3. The Kier molecular flexibility index (Phi) is 5.62. The molecule has 154 valence electrons. The third kappa shape index (κ3) is 3.73. The minimum Gasteiger partial charge on any atom is -0.462 e. The van der Waals surface area contributed by atoms with Crippen molar-refractivity contribution < 1.29 is 9.53 Å². The predicted molar refractivity (Wildman–Crippen MR) is 122 cm³/mol. The average Bonchev–Trinajstić information content (AvgIpc) is 3.05. The molecular formula is C22H21N3O3S2. The zero-order valence-electron chi connectivity index (χ0n) is 17.1. The van der Waals surface area contributed by atoms with Crippen molar-refractivity contribution in [3.63, 3.8) is 0 Å². The van der Waals surface area contributed by atoms with E-state index in [1.54, 1.807) is 13.8 Å². The highest BCUT2D eigenvalue weighted by Gasteiger charge is 2.22. The van der Waals surface area contributed by atoms with Gasteiger partial charge in [-0.25, -0.2) is 14.8 Å². The number of hydrogen-bond acceptors (Lipinski definition) is 7. The van der Waals surface area contributed by atoms with Gasteiger partial charge in [0.25, 0.3) is 5.56 Å². The van der Waals surface area contributed by atoms with Gasteiger partial charge in [-0.15, -0.1) is 11.3 Å². The predicted octanol–water partition coefficient (Wildman–Crippen LogP) is 5.18. The maximum absolute atomic E-state index is 12.7.